The van der Waals surface area contributed by atoms with Crippen molar-refractivity contribution >= 4 is 11.6 Å². The van der Waals surface area contributed by atoms with Gasteiger partial charge in [-0.3, -0.25) is 0 Å². The van der Waals surface area contributed by atoms with Crippen molar-refractivity contribution < 1.29 is 14.6 Å². The predicted molar refractivity (Wildman–Crippen MR) is 105 cm³/mol. The molecule has 140 valence electrons. The van der Waals surface area contributed by atoms with E-state index in [1.54, 1.807) is 12.1 Å². The molecule has 4 N–H and O–H groups in total. The Kier molecular flexibility index (Phi) is 6.72. The van der Waals surface area contributed by atoms with Gasteiger partial charge in [0.2, 0.25) is 5.75 Å². The number of rotatable bonds is 7. The molecule has 6 heteroatoms. The van der Waals surface area contributed by atoms with Crippen molar-refractivity contribution in [3.63, 3.8) is 0 Å². The van der Waals surface area contributed by atoms with E-state index >= 15 is 0 Å². The molecule has 2 aromatic carbocycles. The zero-order chi connectivity index (χ0) is 19.1. The van der Waals surface area contributed by atoms with Crippen LogP contribution in [-0.2, 0) is 19.4 Å². The van der Waals surface area contributed by atoms with Crippen LogP contribution in [0.25, 0.3) is 0 Å². The van der Waals surface area contributed by atoms with Crippen molar-refractivity contribution in [1.29, 1.82) is 0 Å². The summed E-state index contributed by atoms with van der Waals surface area (Å²) in [6.45, 7) is 4.56. The van der Waals surface area contributed by atoms with Gasteiger partial charge in [0.15, 0.2) is 17.5 Å². The highest BCUT2D eigenvalue weighted by molar-refractivity contribution is 5.93. The first-order valence-electron chi connectivity index (χ1n) is 8.65. The molecule has 0 bridgehead atoms. The average molecular weight is 357 g/mol. The number of para-hydroxylation sites is 1. The fourth-order valence-corrected chi connectivity index (χ4v) is 2.79. The zero-order valence-corrected chi connectivity index (χ0v) is 15.8. The molecule has 0 unspecified atom stereocenters. The number of anilines is 1. The molecule has 2 aromatic rings. The van der Waals surface area contributed by atoms with Crippen LogP contribution in [0, 0.1) is 0 Å². The van der Waals surface area contributed by atoms with Crippen LogP contribution in [0.3, 0.4) is 0 Å². The maximum atomic E-state index is 9.98. The molecule has 0 saturated carbocycles. The summed E-state index contributed by atoms with van der Waals surface area (Å²) in [5, 5.41) is 13.2. The zero-order valence-electron chi connectivity index (χ0n) is 15.8. The highest BCUT2D eigenvalue weighted by Crippen LogP contribution is 2.37. The Labute approximate surface area is 154 Å². The van der Waals surface area contributed by atoms with Gasteiger partial charge in [0.25, 0.3) is 0 Å². The summed E-state index contributed by atoms with van der Waals surface area (Å²) < 4.78 is 10.3. The van der Waals surface area contributed by atoms with Crippen LogP contribution in [0.4, 0.5) is 5.69 Å². The number of phenolic OH excluding ortho intramolecular Hbond substituents is 1. The van der Waals surface area contributed by atoms with Gasteiger partial charge in [0.05, 0.1) is 20.8 Å². The molecule has 0 spiro atoms. The van der Waals surface area contributed by atoms with E-state index in [0.717, 1.165) is 24.1 Å². The Balaban J connectivity index is 2.22. The predicted octanol–water partition coefficient (Wildman–Crippen LogP) is 3.46. The van der Waals surface area contributed by atoms with Crippen molar-refractivity contribution in [2.75, 3.05) is 19.5 Å². The van der Waals surface area contributed by atoms with Gasteiger partial charge >= 0.3 is 0 Å². The third-order valence-electron chi connectivity index (χ3n) is 4.22. The molecule has 0 saturated heterocycles. The lowest BCUT2D eigenvalue weighted by atomic mass is 10.0. The van der Waals surface area contributed by atoms with Crippen LogP contribution in [0.2, 0.25) is 0 Å². The standard InChI is InChI=1S/C20H27N3O3/c1-5-14-8-7-9-15(6-2)18(14)23-20(21)22-12-13-10-16(25-3)19(24)17(11-13)26-4/h7-11,24H,5-6,12H2,1-4H3,(H3,21,22,23). The quantitative estimate of drug-likeness (QED) is 0.522. The number of nitrogens with one attached hydrogen (secondary N) is 1. The summed E-state index contributed by atoms with van der Waals surface area (Å²) in [6, 6.07) is 9.66. The van der Waals surface area contributed by atoms with Gasteiger partial charge in [-0.05, 0) is 41.7 Å². The lowest BCUT2D eigenvalue weighted by molar-refractivity contribution is 0.339. The number of aryl methyl sites for hydroxylation is 2. The summed E-state index contributed by atoms with van der Waals surface area (Å²) in [7, 11) is 2.98. The van der Waals surface area contributed by atoms with Crippen LogP contribution < -0.4 is 20.5 Å². The fourth-order valence-electron chi connectivity index (χ4n) is 2.79. The SMILES string of the molecule is CCc1cccc(CC)c1NC(N)=NCc1cc(OC)c(O)c(OC)c1. The van der Waals surface area contributed by atoms with Crippen molar-refractivity contribution in [1.82, 2.24) is 0 Å². The minimum Gasteiger partial charge on any atom is -0.502 e. The molecule has 0 aliphatic carbocycles. The van der Waals surface area contributed by atoms with Crippen LogP contribution in [0.5, 0.6) is 17.2 Å². The van der Waals surface area contributed by atoms with Gasteiger partial charge in [-0.1, -0.05) is 32.0 Å². The second kappa shape index (κ2) is 8.99. The molecule has 0 aliphatic rings. The van der Waals surface area contributed by atoms with E-state index in [-0.39, 0.29) is 5.75 Å². The normalized spacial score (nSPS) is 11.3. The highest BCUT2D eigenvalue weighted by Gasteiger charge is 2.11. The van der Waals surface area contributed by atoms with Crippen LogP contribution in [0.1, 0.15) is 30.5 Å². The lowest BCUT2D eigenvalue weighted by Gasteiger charge is -2.15. The van der Waals surface area contributed by atoms with Gasteiger partial charge in [0, 0.05) is 5.69 Å². The molecule has 0 radical (unpaired) electrons. The van der Waals surface area contributed by atoms with Crippen LogP contribution in [-0.4, -0.2) is 25.3 Å². The molecule has 0 amide bonds. The van der Waals surface area contributed by atoms with E-state index in [2.05, 4.69) is 42.4 Å². The number of aromatic hydroxyl groups is 1. The maximum Gasteiger partial charge on any atom is 0.200 e. The number of aliphatic imine (C=N–C) groups is 1. The van der Waals surface area contributed by atoms with Gasteiger partial charge in [-0.15, -0.1) is 0 Å². The Morgan fingerprint density at radius 2 is 1.62 bits per heavy atom. The van der Waals surface area contributed by atoms with Crippen molar-refractivity contribution in [2.45, 2.75) is 33.2 Å². The molecule has 0 atom stereocenters. The molecule has 0 fully saturated rings. The first-order chi connectivity index (χ1) is 12.5. The number of nitrogens with zero attached hydrogens (tertiary/aromatic N) is 1. The third-order valence-corrected chi connectivity index (χ3v) is 4.22. The van der Waals surface area contributed by atoms with Crippen molar-refractivity contribution in [3.8, 4) is 17.2 Å². The van der Waals surface area contributed by atoms with E-state index in [1.165, 1.54) is 25.3 Å². The van der Waals surface area contributed by atoms with E-state index in [0.29, 0.717) is 24.0 Å². The molecule has 0 heterocycles. The van der Waals surface area contributed by atoms with Crippen LogP contribution in [0.15, 0.2) is 35.3 Å². The van der Waals surface area contributed by atoms with Gasteiger partial charge < -0.3 is 25.6 Å². The second-order valence-corrected chi connectivity index (χ2v) is 5.83. The van der Waals surface area contributed by atoms with Gasteiger partial charge in [0.1, 0.15) is 0 Å². The molecule has 26 heavy (non-hydrogen) atoms. The summed E-state index contributed by atoms with van der Waals surface area (Å²) >= 11 is 0. The Bertz CT molecular complexity index is 741. The first-order valence-corrected chi connectivity index (χ1v) is 8.65. The maximum absolute atomic E-state index is 9.98. The monoisotopic (exact) mass is 357 g/mol. The molecular weight excluding hydrogens is 330 g/mol. The molecule has 6 nitrogen and oxygen atoms in total. The number of hydrogen-bond donors (Lipinski definition) is 3. The highest BCUT2D eigenvalue weighted by atomic mass is 16.5. The summed E-state index contributed by atoms with van der Waals surface area (Å²) in [4.78, 5) is 4.41. The van der Waals surface area contributed by atoms with Gasteiger partial charge in [-0.2, -0.15) is 0 Å². The smallest absolute Gasteiger partial charge is 0.200 e. The van der Waals surface area contributed by atoms with E-state index < -0.39 is 0 Å². The summed E-state index contributed by atoms with van der Waals surface area (Å²) in [5.41, 5.74) is 10.4. The van der Waals surface area contributed by atoms with Crippen molar-refractivity contribution in [3.05, 3.63) is 47.0 Å². The van der Waals surface area contributed by atoms with Crippen molar-refractivity contribution in [2.24, 2.45) is 10.7 Å². The number of benzene rings is 2. The number of hydrogen-bond acceptors (Lipinski definition) is 4. The Hall–Kier alpha value is -2.89. The second-order valence-electron chi connectivity index (χ2n) is 5.83. The van der Waals surface area contributed by atoms with Crippen LogP contribution >= 0.6 is 0 Å². The number of ether oxygens (including phenoxy) is 2. The van der Waals surface area contributed by atoms with E-state index in [1.807, 2.05) is 0 Å². The molecular formula is C20H27N3O3. The minimum atomic E-state index is -0.0294. The molecule has 2 rings (SSSR count). The lowest BCUT2D eigenvalue weighted by Crippen LogP contribution is -2.24. The average Bonchev–Trinajstić information content (AvgIpc) is 2.67. The number of guanidine groups is 1. The molecule has 0 aromatic heterocycles. The first kappa shape index (κ1) is 19.4. The minimum absolute atomic E-state index is 0.0294. The number of nitrogens with two attached hydrogens (primary N) is 1. The topological polar surface area (TPSA) is 89.1 Å². The Morgan fingerprint density at radius 1 is 1.08 bits per heavy atom. The van der Waals surface area contributed by atoms with E-state index in [9.17, 15) is 5.11 Å². The number of phenols is 1. The summed E-state index contributed by atoms with van der Waals surface area (Å²) in [5.74, 6) is 0.987. The summed E-state index contributed by atoms with van der Waals surface area (Å²) in [6.07, 6.45) is 1.83. The largest absolute Gasteiger partial charge is 0.502 e. The Morgan fingerprint density at radius 3 is 2.08 bits per heavy atom. The van der Waals surface area contributed by atoms with E-state index in [4.69, 9.17) is 15.2 Å². The third kappa shape index (κ3) is 4.39. The number of methoxy groups -OCH3 is 2. The van der Waals surface area contributed by atoms with Gasteiger partial charge in [-0.25, -0.2) is 4.99 Å². The fraction of sp³-hybridized carbons (Fsp3) is 0.350. The molecule has 0 aliphatic heterocycles.